The molecule has 0 rings (SSSR count). The number of hydrogen-bond donors (Lipinski definition) is 0. The maximum atomic E-state index is 2.22. The summed E-state index contributed by atoms with van der Waals surface area (Å²) in [5.41, 5.74) is 1.45. The van der Waals surface area contributed by atoms with Crippen molar-refractivity contribution in [3.63, 3.8) is 0 Å². The molecule has 0 spiro atoms. The van der Waals surface area contributed by atoms with Gasteiger partial charge in [0.2, 0.25) is 0 Å². The van der Waals surface area contributed by atoms with Crippen LogP contribution in [-0.2, 0) is 0 Å². The molecule has 0 aromatic carbocycles. The van der Waals surface area contributed by atoms with Crippen LogP contribution < -0.4 is 0 Å². The SMILES string of the molecule is BC(=B\C)/C=C(\C)CC. The van der Waals surface area contributed by atoms with E-state index < -0.39 is 0 Å². The van der Waals surface area contributed by atoms with Crippen LogP contribution in [0.5, 0.6) is 0 Å². The molecule has 0 amide bonds. The molecule has 0 aromatic heterocycles. The van der Waals surface area contributed by atoms with Crippen LogP contribution in [0.1, 0.15) is 20.3 Å². The average molecular weight is 120 g/mol. The van der Waals surface area contributed by atoms with Crippen molar-refractivity contribution >= 4 is 20.1 Å². The van der Waals surface area contributed by atoms with Gasteiger partial charge in [-0.3, -0.25) is 0 Å². The summed E-state index contributed by atoms with van der Waals surface area (Å²) in [7, 11) is 2.12. The molecule has 48 valence electrons. The van der Waals surface area contributed by atoms with Crippen LogP contribution in [0.25, 0.3) is 0 Å². The van der Waals surface area contributed by atoms with Crippen molar-refractivity contribution in [2.45, 2.75) is 27.1 Å². The van der Waals surface area contributed by atoms with E-state index in [1.165, 1.54) is 10.9 Å². The second kappa shape index (κ2) is 4.60. The van der Waals surface area contributed by atoms with Gasteiger partial charge in [0.1, 0.15) is 0 Å². The minimum atomic E-state index is 1.16. The third kappa shape index (κ3) is 4.26. The van der Waals surface area contributed by atoms with E-state index in [2.05, 4.69) is 41.5 Å². The molecule has 0 nitrogen and oxygen atoms in total. The van der Waals surface area contributed by atoms with Gasteiger partial charge in [-0.15, -0.1) is 0 Å². The van der Waals surface area contributed by atoms with E-state index in [4.69, 9.17) is 0 Å². The number of allylic oxidation sites excluding steroid dienone is 2. The Morgan fingerprint density at radius 1 is 1.67 bits per heavy atom. The van der Waals surface area contributed by atoms with Crippen LogP contribution in [-0.4, -0.2) is 20.1 Å². The topological polar surface area (TPSA) is 0 Å². The van der Waals surface area contributed by atoms with E-state index in [-0.39, 0.29) is 0 Å². The van der Waals surface area contributed by atoms with Crippen LogP contribution in [0.15, 0.2) is 11.6 Å². The number of hydrogen-bond acceptors (Lipinski definition) is 0. The molecule has 0 aliphatic carbocycles. The van der Waals surface area contributed by atoms with Crippen LogP contribution in [0.4, 0.5) is 0 Å². The van der Waals surface area contributed by atoms with Crippen molar-refractivity contribution < 1.29 is 0 Å². The zero-order valence-electron chi connectivity index (χ0n) is 6.86. The first-order valence-corrected chi connectivity index (χ1v) is 3.50. The van der Waals surface area contributed by atoms with Gasteiger partial charge in [0.25, 0.3) is 0 Å². The first-order valence-electron chi connectivity index (χ1n) is 3.50. The van der Waals surface area contributed by atoms with Crippen LogP contribution in [0, 0.1) is 0 Å². The molecule has 0 aromatic rings. The fourth-order valence-electron chi connectivity index (χ4n) is 0.574. The van der Waals surface area contributed by atoms with Crippen molar-refractivity contribution in [3.05, 3.63) is 11.6 Å². The van der Waals surface area contributed by atoms with Crippen molar-refractivity contribution in [3.8, 4) is 0 Å². The van der Waals surface area contributed by atoms with E-state index in [1.54, 1.807) is 0 Å². The summed E-state index contributed by atoms with van der Waals surface area (Å²) in [6, 6.07) is 0. The molecule has 0 atom stereocenters. The van der Waals surface area contributed by atoms with E-state index in [9.17, 15) is 0 Å². The van der Waals surface area contributed by atoms with Gasteiger partial charge in [0.15, 0.2) is 0 Å². The van der Waals surface area contributed by atoms with Crippen molar-refractivity contribution in [2.24, 2.45) is 0 Å². The van der Waals surface area contributed by atoms with Crippen LogP contribution in [0.2, 0.25) is 6.82 Å². The Morgan fingerprint density at radius 3 is 2.56 bits per heavy atom. The summed E-state index contributed by atoms with van der Waals surface area (Å²) in [6.07, 6.45) is 3.38. The molecule has 0 fully saturated rings. The molecule has 0 saturated carbocycles. The molecule has 0 N–H and O–H groups in total. The molecule has 2 heteroatoms. The Balaban J connectivity index is 3.95. The molecular weight excluding hydrogens is 106 g/mol. The average Bonchev–Trinajstić information content (AvgIpc) is 1.87. The summed E-state index contributed by atoms with van der Waals surface area (Å²) in [4.78, 5) is 0. The normalized spacial score (nSPS) is 13.2. The van der Waals surface area contributed by atoms with E-state index in [0.717, 1.165) is 6.42 Å². The monoisotopic (exact) mass is 120 g/mol. The number of rotatable bonds is 2. The zero-order valence-corrected chi connectivity index (χ0v) is 6.86. The Bertz CT molecular complexity index is 134. The van der Waals surface area contributed by atoms with Gasteiger partial charge in [-0.2, -0.15) is 0 Å². The van der Waals surface area contributed by atoms with Gasteiger partial charge >= 0.3 is 58.9 Å². The zero-order chi connectivity index (χ0) is 7.28. The maximum absolute atomic E-state index is 2.22. The van der Waals surface area contributed by atoms with Gasteiger partial charge in [0, 0.05) is 0 Å². The summed E-state index contributed by atoms with van der Waals surface area (Å²) < 4.78 is 0. The third-order valence-electron chi connectivity index (χ3n) is 1.49. The third-order valence-corrected chi connectivity index (χ3v) is 1.49. The van der Waals surface area contributed by atoms with E-state index in [0.29, 0.717) is 0 Å². The molecule has 0 aliphatic rings. The summed E-state index contributed by atoms with van der Waals surface area (Å²) in [5.74, 6) is 0. The summed E-state index contributed by atoms with van der Waals surface area (Å²) >= 11 is 0. The van der Waals surface area contributed by atoms with E-state index >= 15 is 0 Å². The Kier molecular flexibility index (Phi) is 4.47. The second-order valence-corrected chi connectivity index (χ2v) is 2.38. The first kappa shape index (κ1) is 8.74. The second-order valence-electron chi connectivity index (χ2n) is 2.38. The van der Waals surface area contributed by atoms with Crippen molar-refractivity contribution in [1.82, 2.24) is 0 Å². The molecule has 0 saturated heterocycles. The Labute approximate surface area is 59.7 Å². The summed E-state index contributed by atoms with van der Waals surface area (Å²) in [5, 5.41) is 1.36. The fraction of sp³-hybridized carbons (Fsp3) is 0.571. The molecule has 0 radical (unpaired) electrons. The quantitative estimate of drug-likeness (QED) is 0.474. The molecule has 0 unspecified atom stereocenters. The van der Waals surface area contributed by atoms with Gasteiger partial charge in [0.05, 0.1) is 0 Å². The van der Waals surface area contributed by atoms with Gasteiger partial charge in [-0.05, 0) is 0 Å². The molecule has 0 bridgehead atoms. The van der Waals surface area contributed by atoms with E-state index in [1.807, 2.05) is 0 Å². The minimum absolute atomic E-state index is 1.16. The van der Waals surface area contributed by atoms with Crippen molar-refractivity contribution in [1.29, 1.82) is 0 Å². The molecular formula is C7H14B2. The standard InChI is InChI=1S/C7H14B2/c1-4-6(2)5-7(8)9-3/h5H,4,8H2,1-3H3/b6-5+. The fourth-order valence-corrected chi connectivity index (χ4v) is 0.574. The first-order chi connectivity index (χ1) is 4.20. The Morgan fingerprint density at radius 2 is 2.22 bits per heavy atom. The Hall–Kier alpha value is -0.260. The molecule has 9 heavy (non-hydrogen) atoms. The van der Waals surface area contributed by atoms with Crippen LogP contribution >= 0.6 is 0 Å². The predicted molar refractivity (Wildman–Crippen MR) is 49.2 cm³/mol. The summed E-state index contributed by atoms with van der Waals surface area (Å²) in [6.45, 7) is 8.52. The van der Waals surface area contributed by atoms with Gasteiger partial charge < -0.3 is 0 Å². The van der Waals surface area contributed by atoms with Gasteiger partial charge in [-0.1, -0.05) is 0 Å². The molecule has 0 heterocycles. The predicted octanol–water partition coefficient (Wildman–Crippen LogP) is 0.858. The van der Waals surface area contributed by atoms with Crippen LogP contribution in [0.3, 0.4) is 0 Å². The molecule has 0 aliphatic heterocycles. The van der Waals surface area contributed by atoms with Crippen molar-refractivity contribution in [2.75, 3.05) is 0 Å². The van der Waals surface area contributed by atoms with Gasteiger partial charge in [-0.25, -0.2) is 0 Å².